The van der Waals surface area contributed by atoms with Crippen LogP contribution in [0.25, 0.3) is 22.5 Å². The van der Waals surface area contributed by atoms with Gasteiger partial charge in [-0.3, -0.25) is 5.10 Å². The van der Waals surface area contributed by atoms with Crippen LogP contribution in [-0.4, -0.2) is 27.4 Å². The number of hydrogen-bond donors (Lipinski definition) is 2. The molecule has 0 unspecified atom stereocenters. The lowest BCUT2D eigenvalue weighted by molar-refractivity contribution is 0.409. The Bertz CT molecular complexity index is 792. The van der Waals surface area contributed by atoms with Crippen LogP contribution < -0.4 is 4.74 Å². The number of aromatic nitrogens is 3. The molecule has 3 rings (SSSR count). The molecule has 0 fully saturated rings. The third kappa shape index (κ3) is 2.38. The standard InChI is InChI=1S/C15H15N3O2S/c1-8-4-12(19)14(13(5-8)20-3)15-10(6-16-18-15)11-7-21-9(2)17-11/h4-7,19H,1-3H3,(H,16,18). The largest absolute Gasteiger partial charge is 0.507 e. The molecular formula is C15H15N3O2S. The summed E-state index contributed by atoms with van der Waals surface area (Å²) in [6.45, 7) is 3.86. The van der Waals surface area contributed by atoms with Crippen LogP contribution in [0.2, 0.25) is 0 Å². The van der Waals surface area contributed by atoms with E-state index in [2.05, 4.69) is 15.2 Å². The highest BCUT2D eigenvalue weighted by atomic mass is 32.1. The molecule has 5 nitrogen and oxygen atoms in total. The summed E-state index contributed by atoms with van der Waals surface area (Å²) in [5, 5.41) is 20.3. The third-order valence-corrected chi connectivity index (χ3v) is 4.00. The van der Waals surface area contributed by atoms with Crippen molar-refractivity contribution in [3.63, 3.8) is 0 Å². The minimum atomic E-state index is 0.157. The molecule has 21 heavy (non-hydrogen) atoms. The van der Waals surface area contributed by atoms with E-state index in [4.69, 9.17) is 4.74 Å². The zero-order chi connectivity index (χ0) is 15.0. The van der Waals surface area contributed by atoms with Gasteiger partial charge in [0.2, 0.25) is 0 Å². The molecule has 0 atom stereocenters. The van der Waals surface area contributed by atoms with Gasteiger partial charge in [0.15, 0.2) is 0 Å². The van der Waals surface area contributed by atoms with Crippen molar-refractivity contribution in [2.24, 2.45) is 0 Å². The average molecular weight is 301 g/mol. The van der Waals surface area contributed by atoms with E-state index in [0.717, 1.165) is 21.8 Å². The lowest BCUT2D eigenvalue weighted by Gasteiger charge is -2.11. The Morgan fingerprint density at radius 2 is 2.10 bits per heavy atom. The number of aromatic amines is 1. The van der Waals surface area contributed by atoms with E-state index >= 15 is 0 Å². The van der Waals surface area contributed by atoms with Gasteiger partial charge in [-0.05, 0) is 31.5 Å². The number of methoxy groups -OCH3 is 1. The van der Waals surface area contributed by atoms with Crippen LogP contribution in [0.15, 0.2) is 23.7 Å². The summed E-state index contributed by atoms with van der Waals surface area (Å²) in [6.07, 6.45) is 1.71. The first-order chi connectivity index (χ1) is 10.1. The predicted octanol–water partition coefficient (Wildman–Crippen LogP) is 3.53. The smallest absolute Gasteiger partial charge is 0.132 e. The van der Waals surface area contributed by atoms with Gasteiger partial charge in [-0.15, -0.1) is 11.3 Å². The number of aryl methyl sites for hydroxylation is 2. The van der Waals surface area contributed by atoms with E-state index < -0.39 is 0 Å². The fraction of sp³-hybridized carbons (Fsp3) is 0.200. The molecule has 2 aromatic heterocycles. The first-order valence-electron chi connectivity index (χ1n) is 6.44. The van der Waals surface area contributed by atoms with Gasteiger partial charge in [-0.2, -0.15) is 5.10 Å². The molecule has 0 spiro atoms. The number of H-pyrrole nitrogens is 1. The van der Waals surface area contributed by atoms with Crippen molar-refractivity contribution >= 4 is 11.3 Å². The molecule has 3 aromatic rings. The Labute approximate surface area is 126 Å². The summed E-state index contributed by atoms with van der Waals surface area (Å²) in [5.41, 5.74) is 3.91. The van der Waals surface area contributed by atoms with Crippen LogP contribution in [0.5, 0.6) is 11.5 Å². The second-order valence-electron chi connectivity index (χ2n) is 4.77. The van der Waals surface area contributed by atoms with Crippen LogP contribution >= 0.6 is 11.3 Å². The van der Waals surface area contributed by atoms with Gasteiger partial charge >= 0.3 is 0 Å². The van der Waals surface area contributed by atoms with E-state index in [1.165, 1.54) is 0 Å². The fourth-order valence-electron chi connectivity index (χ4n) is 2.30. The zero-order valence-corrected chi connectivity index (χ0v) is 12.8. The lowest BCUT2D eigenvalue weighted by atomic mass is 10.0. The van der Waals surface area contributed by atoms with Crippen LogP contribution in [0.4, 0.5) is 0 Å². The highest BCUT2D eigenvalue weighted by molar-refractivity contribution is 7.09. The van der Waals surface area contributed by atoms with E-state index in [-0.39, 0.29) is 5.75 Å². The van der Waals surface area contributed by atoms with Gasteiger partial charge in [-0.1, -0.05) is 0 Å². The zero-order valence-electron chi connectivity index (χ0n) is 12.0. The molecular weight excluding hydrogens is 286 g/mol. The minimum absolute atomic E-state index is 0.157. The third-order valence-electron chi connectivity index (χ3n) is 3.23. The number of nitrogens with one attached hydrogen (secondary N) is 1. The molecule has 6 heteroatoms. The van der Waals surface area contributed by atoms with Gasteiger partial charge in [0, 0.05) is 10.9 Å². The monoisotopic (exact) mass is 301 g/mol. The number of nitrogens with zero attached hydrogens (tertiary/aromatic N) is 2. The van der Waals surface area contributed by atoms with E-state index in [1.807, 2.05) is 25.3 Å². The number of aromatic hydroxyl groups is 1. The quantitative estimate of drug-likeness (QED) is 0.776. The summed E-state index contributed by atoms with van der Waals surface area (Å²) >= 11 is 1.58. The van der Waals surface area contributed by atoms with Crippen molar-refractivity contribution in [1.29, 1.82) is 0 Å². The van der Waals surface area contributed by atoms with Gasteiger partial charge in [0.1, 0.15) is 11.5 Å². The molecule has 2 N–H and O–H groups in total. The number of thiazole rings is 1. The molecule has 0 saturated carbocycles. The molecule has 0 saturated heterocycles. The molecule has 0 aliphatic carbocycles. The van der Waals surface area contributed by atoms with Crippen molar-refractivity contribution in [2.75, 3.05) is 7.11 Å². The molecule has 0 aliphatic heterocycles. The van der Waals surface area contributed by atoms with Crippen LogP contribution in [0, 0.1) is 13.8 Å². The Balaban J connectivity index is 2.21. The van der Waals surface area contributed by atoms with E-state index in [9.17, 15) is 5.11 Å². The maximum absolute atomic E-state index is 10.3. The van der Waals surface area contributed by atoms with Crippen molar-refractivity contribution in [1.82, 2.24) is 15.2 Å². The Hall–Kier alpha value is -2.34. The summed E-state index contributed by atoms with van der Waals surface area (Å²) in [5.74, 6) is 0.759. The molecule has 0 aliphatic rings. The highest BCUT2D eigenvalue weighted by Gasteiger charge is 2.19. The Morgan fingerprint density at radius 1 is 1.29 bits per heavy atom. The van der Waals surface area contributed by atoms with Gasteiger partial charge in [-0.25, -0.2) is 4.98 Å². The van der Waals surface area contributed by atoms with Crippen molar-refractivity contribution in [3.8, 4) is 34.0 Å². The number of phenols is 1. The van der Waals surface area contributed by atoms with Crippen LogP contribution in [0.1, 0.15) is 10.6 Å². The molecule has 1 aromatic carbocycles. The van der Waals surface area contributed by atoms with E-state index in [0.29, 0.717) is 17.0 Å². The second kappa shape index (κ2) is 5.21. The van der Waals surface area contributed by atoms with Crippen LogP contribution in [-0.2, 0) is 0 Å². The summed E-state index contributed by atoms with van der Waals surface area (Å²) in [7, 11) is 1.58. The number of rotatable bonds is 3. The number of benzene rings is 1. The fourth-order valence-corrected chi connectivity index (χ4v) is 2.92. The molecule has 0 radical (unpaired) electrons. The van der Waals surface area contributed by atoms with Gasteiger partial charge in [0.05, 0.1) is 35.3 Å². The predicted molar refractivity (Wildman–Crippen MR) is 82.8 cm³/mol. The topological polar surface area (TPSA) is 71.0 Å². The maximum Gasteiger partial charge on any atom is 0.132 e. The Kier molecular flexibility index (Phi) is 3.39. The maximum atomic E-state index is 10.3. The average Bonchev–Trinajstić information content (AvgIpc) is 3.06. The highest BCUT2D eigenvalue weighted by Crippen LogP contribution is 2.42. The van der Waals surface area contributed by atoms with Crippen molar-refractivity contribution in [3.05, 3.63) is 34.3 Å². The van der Waals surface area contributed by atoms with Gasteiger partial charge < -0.3 is 9.84 Å². The number of ether oxygens (including phenoxy) is 1. The summed E-state index contributed by atoms with van der Waals surface area (Å²) in [4.78, 5) is 4.48. The second-order valence-corrected chi connectivity index (χ2v) is 5.83. The molecule has 0 bridgehead atoms. The molecule has 108 valence electrons. The summed E-state index contributed by atoms with van der Waals surface area (Å²) < 4.78 is 5.40. The number of hydrogen-bond acceptors (Lipinski definition) is 5. The van der Waals surface area contributed by atoms with Crippen molar-refractivity contribution in [2.45, 2.75) is 13.8 Å². The van der Waals surface area contributed by atoms with Crippen molar-refractivity contribution < 1.29 is 9.84 Å². The first-order valence-corrected chi connectivity index (χ1v) is 7.32. The lowest BCUT2D eigenvalue weighted by Crippen LogP contribution is -1.92. The summed E-state index contributed by atoms with van der Waals surface area (Å²) in [6, 6.07) is 3.58. The first kappa shape index (κ1) is 13.6. The van der Waals surface area contributed by atoms with E-state index in [1.54, 1.807) is 30.7 Å². The molecule has 0 amide bonds. The minimum Gasteiger partial charge on any atom is -0.507 e. The Morgan fingerprint density at radius 3 is 2.76 bits per heavy atom. The van der Waals surface area contributed by atoms with Gasteiger partial charge in [0.25, 0.3) is 0 Å². The number of phenolic OH excluding ortho intramolecular Hbond substituents is 1. The SMILES string of the molecule is COc1cc(C)cc(O)c1-c1[nH]ncc1-c1csc(C)n1. The van der Waals surface area contributed by atoms with Crippen LogP contribution in [0.3, 0.4) is 0 Å². The molecule has 2 heterocycles. The normalized spacial score (nSPS) is 10.8.